The Bertz CT molecular complexity index is 1340. The highest BCUT2D eigenvalue weighted by Crippen LogP contribution is 2.34. The Morgan fingerprint density at radius 2 is 1.45 bits per heavy atom. The predicted octanol–water partition coefficient (Wildman–Crippen LogP) is 7.71. The van der Waals surface area contributed by atoms with E-state index in [1.54, 1.807) is 23.6 Å². The highest BCUT2D eigenvalue weighted by Gasteiger charge is 2.30. The molecule has 2 aromatic carbocycles. The van der Waals surface area contributed by atoms with Gasteiger partial charge in [-0.15, -0.1) is 0 Å². The van der Waals surface area contributed by atoms with E-state index in [-0.39, 0.29) is 0 Å². The van der Waals surface area contributed by atoms with Crippen molar-refractivity contribution in [3.8, 4) is 33.5 Å². The summed E-state index contributed by atoms with van der Waals surface area (Å²) in [5, 5.41) is 4.14. The molecule has 0 unspecified atom stereocenters. The molecule has 2 nitrogen and oxygen atoms in total. The van der Waals surface area contributed by atoms with Crippen LogP contribution in [0.1, 0.15) is 5.56 Å². The fourth-order valence-electron chi connectivity index (χ4n) is 3.53. The van der Waals surface area contributed by atoms with Crippen LogP contribution in [0.2, 0.25) is 0 Å². The van der Waals surface area contributed by atoms with E-state index in [0.717, 1.165) is 34.3 Å². The Balaban J connectivity index is 1.61. The molecule has 0 N–H and O–H groups in total. The molecule has 5 aromatic rings. The molecule has 152 valence electrons. The Morgan fingerprint density at radius 1 is 0.742 bits per heavy atom. The topological polar surface area (TPSA) is 25.8 Å². The van der Waals surface area contributed by atoms with Crippen LogP contribution < -0.4 is 0 Å². The number of fused-ring (bicyclic) bond motifs is 1. The number of hydrogen-bond acceptors (Lipinski definition) is 3. The fraction of sp³-hybridized carbons (Fsp3) is 0.0400. The van der Waals surface area contributed by atoms with E-state index in [1.165, 1.54) is 17.7 Å². The van der Waals surface area contributed by atoms with E-state index in [9.17, 15) is 13.2 Å². The highest BCUT2D eigenvalue weighted by molar-refractivity contribution is 7.08. The van der Waals surface area contributed by atoms with Crippen LogP contribution in [0.4, 0.5) is 13.2 Å². The smallest absolute Gasteiger partial charge is 0.254 e. The molecule has 0 saturated heterocycles. The predicted molar refractivity (Wildman–Crippen MR) is 119 cm³/mol. The van der Waals surface area contributed by atoms with E-state index in [4.69, 9.17) is 0 Å². The number of thiophene rings is 1. The molecule has 5 rings (SSSR count). The SMILES string of the molecule is FC(F)(F)c1ccc(-c2cc(-c3ccc(-c4ccsc4)cc3)c3ncccc3n2)cc1. The van der Waals surface area contributed by atoms with Crippen LogP contribution in [0.15, 0.2) is 89.8 Å². The lowest BCUT2D eigenvalue weighted by atomic mass is 9.98. The first-order valence-electron chi connectivity index (χ1n) is 9.55. The average Bonchev–Trinajstić information content (AvgIpc) is 3.33. The molecule has 0 spiro atoms. The minimum Gasteiger partial charge on any atom is -0.254 e. The van der Waals surface area contributed by atoms with Gasteiger partial charge in [0.1, 0.15) is 0 Å². The number of alkyl halides is 3. The molecule has 0 aliphatic rings. The third-order valence-corrected chi connectivity index (χ3v) is 5.81. The summed E-state index contributed by atoms with van der Waals surface area (Å²) in [5.41, 5.74) is 6.14. The molecule has 31 heavy (non-hydrogen) atoms. The molecular formula is C25H15F3N2S. The Morgan fingerprint density at radius 3 is 2.13 bits per heavy atom. The lowest BCUT2D eigenvalue weighted by Crippen LogP contribution is -2.04. The summed E-state index contributed by atoms with van der Waals surface area (Å²) in [6, 6.07) is 20.9. The van der Waals surface area contributed by atoms with Crippen LogP contribution in [0.5, 0.6) is 0 Å². The molecule has 0 bridgehead atoms. The minimum atomic E-state index is -4.37. The quantitative estimate of drug-likeness (QED) is 0.292. The van der Waals surface area contributed by atoms with Crippen LogP contribution >= 0.6 is 11.3 Å². The van der Waals surface area contributed by atoms with Gasteiger partial charge in [0.2, 0.25) is 0 Å². The third-order valence-electron chi connectivity index (χ3n) is 5.12. The monoisotopic (exact) mass is 432 g/mol. The second kappa shape index (κ2) is 7.63. The number of aromatic nitrogens is 2. The Kier molecular flexibility index (Phi) is 4.79. The van der Waals surface area contributed by atoms with Crippen LogP contribution in [0.3, 0.4) is 0 Å². The number of benzene rings is 2. The first-order chi connectivity index (χ1) is 15.0. The molecule has 0 aliphatic heterocycles. The van der Waals surface area contributed by atoms with Crippen LogP contribution in [0.25, 0.3) is 44.5 Å². The van der Waals surface area contributed by atoms with Gasteiger partial charge in [-0.05, 0) is 63.8 Å². The zero-order valence-electron chi connectivity index (χ0n) is 16.1. The summed E-state index contributed by atoms with van der Waals surface area (Å²) in [4.78, 5) is 9.14. The largest absolute Gasteiger partial charge is 0.416 e. The molecule has 0 fully saturated rings. The van der Waals surface area contributed by atoms with Crippen LogP contribution in [-0.4, -0.2) is 9.97 Å². The standard InChI is InChI=1S/C25H15F3N2S/c26-25(27,28)20-9-7-18(8-10-20)23-14-21(24-22(30-23)2-1-12-29-24)17-5-3-16(4-6-17)19-11-13-31-15-19/h1-15H. The first kappa shape index (κ1) is 19.5. The van der Waals surface area contributed by atoms with Gasteiger partial charge in [-0.1, -0.05) is 36.4 Å². The minimum absolute atomic E-state index is 0.603. The van der Waals surface area contributed by atoms with Gasteiger partial charge in [-0.2, -0.15) is 24.5 Å². The first-order valence-corrected chi connectivity index (χ1v) is 10.5. The van der Waals surface area contributed by atoms with Crippen molar-refractivity contribution in [1.82, 2.24) is 9.97 Å². The van der Waals surface area contributed by atoms with Gasteiger partial charge < -0.3 is 0 Å². The molecule has 3 aromatic heterocycles. The van der Waals surface area contributed by atoms with Crippen molar-refractivity contribution >= 4 is 22.4 Å². The number of rotatable bonds is 3. The van der Waals surface area contributed by atoms with Gasteiger partial charge in [0.25, 0.3) is 0 Å². The molecule has 0 saturated carbocycles. The average molecular weight is 432 g/mol. The molecule has 6 heteroatoms. The zero-order chi connectivity index (χ0) is 21.4. The number of pyridine rings is 2. The van der Waals surface area contributed by atoms with Gasteiger partial charge in [0, 0.05) is 17.3 Å². The summed E-state index contributed by atoms with van der Waals surface area (Å²) in [5.74, 6) is 0. The number of nitrogens with zero attached hydrogens (tertiary/aromatic N) is 2. The summed E-state index contributed by atoms with van der Waals surface area (Å²) in [6.07, 6.45) is -2.65. The van der Waals surface area contributed by atoms with Crippen molar-refractivity contribution in [3.63, 3.8) is 0 Å². The fourth-order valence-corrected chi connectivity index (χ4v) is 4.20. The van der Waals surface area contributed by atoms with Crippen molar-refractivity contribution in [3.05, 3.63) is 95.3 Å². The molecule has 0 amide bonds. The van der Waals surface area contributed by atoms with Gasteiger partial charge in [-0.25, -0.2) is 4.98 Å². The van der Waals surface area contributed by atoms with E-state index in [0.29, 0.717) is 16.8 Å². The maximum Gasteiger partial charge on any atom is 0.416 e. The summed E-state index contributed by atoms with van der Waals surface area (Å²) in [6.45, 7) is 0. The number of halogens is 3. The van der Waals surface area contributed by atoms with E-state index in [1.807, 2.05) is 29.6 Å². The summed E-state index contributed by atoms with van der Waals surface area (Å²) in [7, 11) is 0. The van der Waals surface area contributed by atoms with Crippen molar-refractivity contribution < 1.29 is 13.2 Å². The van der Waals surface area contributed by atoms with Gasteiger partial charge in [-0.3, -0.25) is 4.98 Å². The molecular weight excluding hydrogens is 417 g/mol. The van der Waals surface area contributed by atoms with Crippen molar-refractivity contribution in [2.75, 3.05) is 0 Å². The summed E-state index contributed by atoms with van der Waals surface area (Å²) < 4.78 is 38.8. The maximum absolute atomic E-state index is 12.9. The Hall–Kier alpha value is -3.51. The van der Waals surface area contributed by atoms with E-state index >= 15 is 0 Å². The van der Waals surface area contributed by atoms with Crippen LogP contribution in [-0.2, 0) is 6.18 Å². The molecule has 0 radical (unpaired) electrons. The third kappa shape index (κ3) is 3.82. The molecule has 3 heterocycles. The second-order valence-electron chi connectivity index (χ2n) is 7.09. The van der Waals surface area contributed by atoms with Crippen molar-refractivity contribution in [2.24, 2.45) is 0 Å². The van der Waals surface area contributed by atoms with Crippen molar-refractivity contribution in [1.29, 1.82) is 0 Å². The molecule has 0 atom stereocenters. The van der Waals surface area contributed by atoms with Gasteiger partial charge in [0.15, 0.2) is 0 Å². The summed E-state index contributed by atoms with van der Waals surface area (Å²) >= 11 is 1.65. The van der Waals surface area contributed by atoms with Crippen molar-refractivity contribution in [2.45, 2.75) is 6.18 Å². The zero-order valence-corrected chi connectivity index (χ0v) is 16.9. The second-order valence-corrected chi connectivity index (χ2v) is 7.87. The van der Waals surface area contributed by atoms with E-state index < -0.39 is 11.7 Å². The molecule has 0 aliphatic carbocycles. The van der Waals surface area contributed by atoms with Gasteiger partial charge >= 0.3 is 6.18 Å². The van der Waals surface area contributed by atoms with E-state index in [2.05, 4.69) is 33.5 Å². The normalized spacial score (nSPS) is 11.7. The lowest BCUT2D eigenvalue weighted by molar-refractivity contribution is -0.137. The van der Waals surface area contributed by atoms with Gasteiger partial charge in [0.05, 0.1) is 22.3 Å². The Labute approximate surface area is 180 Å². The maximum atomic E-state index is 12.9. The highest BCUT2D eigenvalue weighted by atomic mass is 32.1. The lowest BCUT2D eigenvalue weighted by Gasteiger charge is -2.11. The van der Waals surface area contributed by atoms with Crippen LogP contribution in [0, 0.1) is 0 Å². The number of hydrogen-bond donors (Lipinski definition) is 0.